The van der Waals surface area contributed by atoms with E-state index in [1.165, 1.54) is 0 Å². The summed E-state index contributed by atoms with van der Waals surface area (Å²) in [5.41, 5.74) is 0. The first-order chi connectivity index (χ1) is 12.2. The van der Waals surface area contributed by atoms with Crippen molar-refractivity contribution in [1.29, 1.82) is 0 Å². The smallest absolute Gasteiger partial charge is 0.266 e. The third-order valence-corrected chi connectivity index (χ3v) is 6.27. The molecule has 1 radical (unpaired) electrons. The molecule has 0 atom stereocenters. The zero-order valence-corrected chi connectivity index (χ0v) is 18.5. The average Bonchev–Trinajstić information content (AvgIpc) is 2.57. The average molecular weight is 516 g/mol. The van der Waals surface area contributed by atoms with Crippen LogP contribution in [0.4, 0.5) is 0 Å². The van der Waals surface area contributed by atoms with E-state index in [-0.39, 0.29) is 36.7 Å². The second-order valence-electron chi connectivity index (χ2n) is 6.36. The van der Waals surface area contributed by atoms with Gasteiger partial charge in [0.2, 0.25) is 0 Å². The van der Waals surface area contributed by atoms with Crippen molar-refractivity contribution in [2.45, 2.75) is 0 Å². The van der Waals surface area contributed by atoms with Gasteiger partial charge in [-0.25, -0.2) is 8.42 Å². The molecule has 0 aliphatic carbocycles. The monoisotopic (exact) mass is 515 g/mol. The third-order valence-electron chi connectivity index (χ3n) is 4.19. The Bertz CT molecular complexity index is 657. The second-order valence-corrected chi connectivity index (χ2v) is 11.0. The molecule has 0 unspecified atom stereocenters. The van der Waals surface area contributed by atoms with Crippen LogP contribution in [-0.2, 0) is 47.4 Å². The number of nitrogens with zero attached hydrogens (tertiary/aromatic N) is 3. The summed E-state index contributed by atoms with van der Waals surface area (Å²) in [7, 11) is -12.7. The van der Waals surface area contributed by atoms with Crippen molar-refractivity contribution in [2.75, 3.05) is 76.2 Å². The van der Waals surface area contributed by atoms with Crippen LogP contribution in [0.15, 0.2) is 0 Å². The molecule has 12 nitrogen and oxygen atoms in total. The molecular formula is C12H26CuN3O9S3-. The fraction of sp³-hybridized carbons (Fsp3) is 1.00. The van der Waals surface area contributed by atoms with Crippen molar-refractivity contribution in [3.05, 3.63) is 0 Å². The standard InChI is InChI=1S/C12H27N3O9S3.Cu/c16-25(17,18)10-7-13-1-2-14(8-11-26(19,20)21)5-6-15(4-3-13)9-12-27(22,23)24;/h1-12H2,(H,16,17,18)(H,19,20,21)(H,22,23,24);/p-1. The molecule has 28 heavy (non-hydrogen) atoms. The first-order valence-electron chi connectivity index (χ1n) is 8.24. The Balaban J connectivity index is 0.00000729. The van der Waals surface area contributed by atoms with Gasteiger partial charge in [-0.15, -0.1) is 0 Å². The molecule has 1 aliphatic rings. The van der Waals surface area contributed by atoms with Crippen LogP contribution in [0.25, 0.3) is 0 Å². The molecule has 1 rings (SSSR count). The summed E-state index contributed by atoms with van der Waals surface area (Å²) >= 11 is 0. The summed E-state index contributed by atoms with van der Waals surface area (Å²) in [6.07, 6.45) is 0. The van der Waals surface area contributed by atoms with Crippen LogP contribution in [0.3, 0.4) is 0 Å². The minimum absolute atomic E-state index is 0. The van der Waals surface area contributed by atoms with Gasteiger partial charge >= 0.3 is 0 Å². The summed E-state index contributed by atoms with van der Waals surface area (Å²) in [4.78, 5) is 5.22. The van der Waals surface area contributed by atoms with Crippen molar-refractivity contribution in [3.63, 3.8) is 0 Å². The minimum atomic E-state index is -4.38. The Kier molecular flexibility index (Phi) is 12.2. The van der Waals surface area contributed by atoms with Crippen LogP contribution in [0.5, 0.6) is 0 Å². The molecule has 0 spiro atoms. The van der Waals surface area contributed by atoms with Gasteiger partial charge in [-0.3, -0.25) is 23.8 Å². The molecule has 0 saturated carbocycles. The Morgan fingerprint density at radius 1 is 0.607 bits per heavy atom. The number of hydrogen-bond donors (Lipinski definition) is 2. The van der Waals surface area contributed by atoms with Crippen LogP contribution < -0.4 is 0 Å². The fourth-order valence-corrected chi connectivity index (χ4v) is 4.04. The van der Waals surface area contributed by atoms with Gasteiger partial charge in [0.05, 0.1) is 27.4 Å². The van der Waals surface area contributed by atoms with Crippen molar-refractivity contribution in [1.82, 2.24) is 14.7 Å². The van der Waals surface area contributed by atoms with E-state index in [4.69, 9.17) is 9.11 Å². The largest absolute Gasteiger partial charge is 0.748 e. The first kappa shape index (κ1) is 28.1. The summed E-state index contributed by atoms with van der Waals surface area (Å²) < 4.78 is 94.2. The molecule has 1 heterocycles. The summed E-state index contributed by atoms with van der Waals surface area (Å²) in [6.45, 7) is 2.45. The maximum Gasteiger partial charge on any atom is 0.266 e. The van der Waals surface area contributed by atoms with Gasteiger partial charge in [-0.05, 0) is 0 Å². The van der Waals surface area contributed by atoms with Gasteiger partial charge in [0.25, 0.3) is 20.2 Å². The second kappa shape index (κ2) is 12.1. The van der Waals surface area contributed by atoms with Crippen LogP contribution in [0.2, 0.25) is 0 Å². The SMILES string of the molecule is O=S(=O)([O-])CCN1CCN(CCS(=O)(=O)O)CCN(CCS(=O)(=O)O)CC1.[Cu]. The van der Waals surface area contributed by atoms with E-state index in [9.17, 15) is 29.8 Å². The van der Waals surface area contributed by atoms with Gasteiger partial charge < -0.3 is 4.55 Å². The van der Waals surface area contributed by atoms with E-state index in [1.54, 1.807) is 14.7 Å². The van der Waals surface area contributed by atoms with E-state index in [0.29, 0.717) is 39.3 Å². The van der Waals surface area contributed by atoms with E-state index >= 15 is 0 Å². The van der Waals surface area contributed by atoms with Crippen LogP contribution >= 0.6 is 0 Å². The van der Waals surface area contributed by atoms with Crippen molar-refractivity contribution in [2.24, 2.45) is 0 Å². The van der Waals surface area contributed by atoms with Crippen LogP contribution in [0.1, 0.15) is 0 Å². The zero-order chi connectivity index (χ0) is 20.7. The summed E-state index contributed by atoms with van der Waals surface area (Å²) in [5, 5.41) is 0. The molecule has 0 aromatic rings. The molecule has 1 saturated heterocycles. The minimum Gasteiger partial charge on any atom is -0.748 e. The summed E-state index contributed by atoms with van der Waals surface area (Å²) in [6, 6.07) is 0. The Labute approximate surface area is 177 Å². The predicted molar refractivity (Wildman–Crippen MR) is 96.7 cm³/mol. The maximum absolute atomic E-state index is 11.0. The van der Waals surface area contributed by atoms with Crippen molar-refractivity contribution < 1.29 is 56.0 Å². The normalized spacial score (nSPS) is 19.4. The van der Waals surface area contributed by atoms with E-state index in [2.05, 4.69) is 0 Å². The Hall–Kier alpha value is 0.129. The molecule has 0 bridgehead atoms. The Morgan fingerprint density at radius 2 is 0.857 bits per heavy atom. The Morgan fingerprint density at radius 3 is 1.07 bits per heavy atom. The number of rotatable bonds is 9. The van der Waals surface area contributed by atoms with Gasteiger partial charge in [-0.1, -0.05) is 0 Å². The molecule has 16 heteroatoms. The molecule has 1 aliphatic heterocycles. The van der Waals surface area contributed by atoms with Gasteiger partial charge in [0, 0.05) is 76.0 Å². The zero-order valence-electron chi connectivity index (χ0n) is 15.1. The fourth-order valence-electron chi connectivity index (χ4n) is 2.58. The first-order valence-corrected chi connectivity index (χ1v) is 13.0. The molecule has 2 N–H and O–H groups in total. The van der Waals surface area contributed by atoms with Gasteiger partial charge in [0.1, 0.15) is 0 Å². The number of hydrogen-bond acceptors (Lipinski definition) is 10. The molecule has 0 aromatic heterocycles. The molecule has 0 amide bonds. The molecule has 1 fully saturated rings. The molecule has 173 valence electrons. The molecule has 0 aromatic carbocycles. The summed E-state index contributed by atoms with van der Waals surface area (Å²) in [5.74, 6) is -1.50. The molecular weight excluding hydrogens is 490 g/mol. The quantitative estimate of drug-likeness (QED) is 0.239. The maximum atomic E-state index is 11.0. The van der Waals surface area contributed by atoms with Gasteiger partial charge in [0.15, 0.2) is 0 Å². The van der Waals surface area contributed by atoms with E-state index in [0.717, 1.165) is 0 Å². The van der Waals surface area contributed by atoms with Crippen molar-refractivity contribution in [3.8, 4) is 0 Å². The van der Waals surface area contributed by atoms with Gasteiger partial charge in [-0.2, -0.15) is 16.8 Å². The van der Waals surface area contributed by atoms with E-state index < -0.39 is 47.6 Å². The van der Waals surface area contributed by atoms with Crippen LogP contribution in [-0.4, -0.2) is 130 Å². The van der Waals surface area contributed by atoms with E-state index in [1.807, 2.05) is 0 Å². The predicted octanol–water partition coefficient (Wildman–Crippen LogP) is -2.78. The topological polar surface area (TPSA) is 176 Å². The van der Waals surface area contributed by atoms with Crippen molar-refractivity contribution >= 4 is 30.4 Å². The van der Waals surface area contributed by atoms with Crippen LogP contribution in [0, 0.1) is 0 Å². The third kappa shape index (κ3) is 15.0.